The van der Waals surface area contributed by atoms with Gasteiger partial charge < -0.3 is 5.32 Å². The molecule has 0 saturated heterocycles. The number of aryl methyl sites for hydroxylation is 1. The van der Waals surface area contributed by atoms with Crippen LogP contribution in [0.4, 0.5) is 5.82 Å². The molecule has 142 valence electrons. The summed E-state index contributed by atoms with van der Waals surface area (Å²) in [6.45, 7) is 1.90. The number of aromatic nitrogens is 5. The largest absolute Gasteiger partial charge is 0.355 e. The lowest BCUT2D eigenvalue weighted by atomic mass is 10.1. The molecule has 0 saturated carbocycles. The molecule has 0 amide bonds. The second kappa shape index (κ2) is 7.44. The smallest absolute Gasteiger partial charge is 0.177 e. The van der Waals surface area contributed by atoms with E-state index in [2.05, 4.69) is 60.8 Å². The molecule has 0 spiro atoms. The SMILES string of the molecule is Cc1nc(C(Nc2ncnc3sc(-c4ccccc4)cc23)c2ccccc2)n[nH]1. The van der Waals surface area contributed by atoms with Crippen LogP contribution in [-0.4, -0.2) is 25.1 Å². The number of nitrogens with one attached hydrogen (secondary N) is 2. The Hall–Kier alpha value is -3.58. The third-order valence-electron chi connectivity index (χ3n) is 4.67. The quantitative estimate of drug-likeness (QED) is 0.436. The molecule has 6 nitrogen and oxygen atoms in total. The predicted molar refractivity (Wildman–Crippen MR) is 116 cm³/mol. The van der Waals surface area contributed by atoms with Crippen molar-refractivity contribution in [3.63, 3.8) is 0 Å². The van der Waals surface area contributed by atoms with Crippen molar-refractivity contribution >= 4 is 27.4 Å². The molecule has 0 bridgehead atoms. The highest BCUT2D eigenvalue weighted by atomic mass is 32.1. The van der Waals surface area contributed by atoms with Gasteiger partial charge >= 0.3 is 0 Å². The maximum Gasteiger partial charge on any atom is 0.177 e. The molecule has 5 rings (SSSR count). The zero-order valence-electron chi connectivity index (χ0n) is 15.7. The van der Waals surface area contributed by atoms with Crippen molar-refractivity contribution in [2.45, 2.75) is 13.0 Å². The van der Waals surface area contributed by atoms with Crippen LogP contribution in [-0.2, 0) is 0 Å². The van der Waals surface area contributed by atoms with E-state index in [0.29, 0.717) is 5.82 Å². The summed E-state index contributed by atoms with van der Waals surface area (Å²) in [5.74, 6) is 2.22. The van der Waals surface area contributed by atoms with Gasteiger partial charge in [-0.05, 0) is 24.1 Å². The van der Waals surface area contributed by atoms with Gasteiger partial charge in [0.05, 0.1) is 5.39 Å². The van der Waals surface area contributed by atoms with Gasteiger partial charge in [0, 0.05) is 4.88 Å². The molecule has 2 N–H and O–H groups in total. The second-order valence-corrected chi connectivity index (χ2v) is 7.72. The number of hydrogen-bond acceptors (Lipinski definition) is 6. The van der Waals surface area contributed by atoms with E-state index >= 15 is 0 Å². The monoisotopic (exact) mass is 398 g/mol. The van der Waals surface area contributed by atoms with E-state index in [1.54, 1.807) is 17.7 Å². The summed E-state index contributed by atoms with van der Waals surface area (Å²) in [6, 6.07) is 22.4. The summed E-state index contributed by atoms with van der Waals surface area (Å²) < 4.78 is 0. The van der Waals surface area contributed by atoms with Gasteiger partial charge in [-0.15, -0.1) is 11.3 Å². The molecular weight excluding hydrogens is 380 g/mol. The average Bonchev–Trinajstić information content (AvgIpc) is 3.40. The van der Waals surface area contributed by atoms with Crippen molar-refractivity contribution in [3.05, 3.63) is 90.3 Å². The highest BCUT2D eigenvalue weighted by Crippen LogP contribution is 2.36. The molecule has 3 heterocycles. The maximum absolute atomic E-state index is 4.55. The highest BCUT2D eigenvalue weighted by molar-refractivity contribution is 7.21. The Morgan fingerprint density at radius 1 is 0.966 bits per heavy atom. The predicted octanol–water partition coefficient (Wildman–Crippen LogP) is 4.99. The Kier molecular flexibility index (Phi) is 4.50. The third kappa shape index (κ3) is 3.48. The van der Waals surface area contributed by atoms with Crippen molar-refractivity contribution in [2.24, 2.45) is 0 Å². The van der Waals surface area contributed by atoms with Crippen LogP contribution in [0.1, 0.15) is 23.3 Å². The standard InChI is InChI=1S/C22H18N6S/c1-14-25-21(28-27-14)19(16-10-6-3-7-11-16)26-20-17-12-18(15-8-4-2-5-9-15)29-22(17)24-13-23-20/h2-13,19H,1H3,(H,23,24,26)(H,25,27,28). The molecule has 0 aliphatic heterocycles. The summed E-state index contributed by atoms with van der Waals surface area (Å²) in [4.78, 5) is 15.7. The fraction of sp³-hybridized carbons (Fsp3) is 0.0909. The molecule has 0 radical (unpaired) electrons. The Balaban J connectivity index is 1.58. The van der Waals surface area contributed by atoms with Crippen molar-refractivity contribution in [3.8, 4) is 10.4 Å². The van der Waals surface area contributed by atoms with Crippen LogP contribution >= 0.6 is 11.3 Å². The number of hydrogen-bond donors (Lipinski definition) is 2. The van der Waals surface area contributed by atoms with Gasteiger partial charge in [0.1, 0.15) is 28.8 Å². The number of anilines is 1. The second-order valence-electron chi connectivity index (χ2n) is 6.68. The van der Waals surface area contributed by atoms with Crippen molar-refractivity contribution in [2.75, 3.05) is 5.32 Å². The molecule has 2 aromatic carbocycles. The number of H-pyrrole nitrogens is 1. The van der Waals surface area contributed by atoms with Crippen molar-refractivity contribution < 1.29 is 0 Å². The van der Waals surface area contributed by atoms with E-state index in [-0.39, 0.29) is 6.04 Å². The molecule has 1 unspecified atom stereocenters. The lowest BCUT2D eigenvalue weighted by Crippen LogP contribution is -2.15. The van der Waals surface area contributed by atoms with Gasteiger partial charge in [-0.25, -0.2) is 15.0 Å². The van der Waals surface area contributed by atoms with Crippen LogP contribution in [0.25, 0.3) is 20.7 Å². The molecule has 29 heavy (non-hydrogen) atoms. The van der Waals surface area contributed by atoms with Crippen LogP contribution in [0.2, 0.25) is 0 Å². The van der Waals surface area contributed by atoms with E-state index in [0.717, 1.165) is 32.3 Å². The fourth-order valence-corrected chi connectivity index (χ4v) is 4.29. The van der Waals surface area contributed by atoms with Crippen LogP contribution < -0.4 is 5.32 Å². The number of nitrogens with zero attached hydrogens (tertiary/aromatic N) is 4. The van der Waals surface area contributed by atoms with Crippen molar-refractivity contribution in [1.29, 1.82) is 0 Å². The fourth-order valence-electron chi connectivity index (χ4n) is 3.28. The summed E-state index contributed by atoms with van der Waals surface area (Å²) in [5.41, 5.74) is 2.24. The summed E-state index contributed by atoms with van der Waals surface area (Å²) in [7, 11) is 0. The number of rotatable bonds is 5. The normalized spacial score (nSPS) is 12.2. The summed E-state index contributed by atoms with van der Waals surface area (Å²) in [5, 5.41) is 11.9. The first kappa shape index (κ1) is 17.5. The first-order valence-corrected chi connectivity index (χ1v) is 10.1. The Morgan fingerprint density at radius 2 is 1.72 bits per heavy atom. The molecule has 0 aliphatic carbocycles. The molecule has 1 atom stereocenters. The van der Waals surface area contributed by atoms with Gasteiger partial charge in [0.15, 0.2) is 5.82 Å². The van der Waals surface area contributed by atoms with Crippen LogP contribution in [0.5, 0.6) is 0 Å². The highest BCUT2D eigenvalue weighted by Gasteiger charge is 2.21. The third-order valence-corrected chi connectivity index (χ3v) is 5.77. The van der Waals surface area contributed by atoms with Gasteiger partial charge in [-0.3, -0.25) is 5.10 Å². The van der Waals surface area contributed by atoms with Crippen LogP contribution in [0, 0.1) is 6.92 Å². The van der Waals surface area contributed by atoms with Gasteiger partial charge in [-0.2, -0.15) is 5.10 Å². The molecule has 0 aliphatic rings. The lowest BCUT2D eigenvalue weighted by molar-refractivity contribution is 0.831. The number of thiophene rings is 1. The molecule has 7 heteroatoms. The van der Waals surface area contributed by atoms with Gasteiger partial charge in [-0.1, -0.05) is 60.7 Å². The van der Waals surface area contributed by atoms with Crippen LogP contribution in [0.3, 0.4) is 0 Å². The number of aromatic amines is 1. The van der Waals surface area contributed by atoms with E-state index in [4.69, 9.17) is 0 Å². The minimum Gasteiger partial charge on any atom is -0.355 e. The van der Waals surface area contributed by atoms with E-state index < -0.39 is 0 Å². The van der Waals surface area contributed by atoms with E-state index in [1.807, 2.05) is 43.3 Å². The average molecular weight is 398 g/mol. The number of benzene rings is 2. The Bertz CT molecular complexity index is 1250. The summed E-state index contributed by atoms with van der Waals surface area (Å²) in [6.07, 6.45) is 1.60. The zero-order chi connectivity index (χ0) is 19.6. The molecule has 3 aromatic heterocycles. The van der Waals surface area contributed by atoms with Gasteiger partial charge in [0.2, 0.25) is 0 Å². The van der Waals surface area contributed by atoms with E-state index in [9.17, 15) is 0 Å². The Labute approximate surface area is 171 Å². The van der Waals surface area contributed by atoms with Crippen LogP contribution in [0.15, 0.2) is 73.1 Å². The van der Waals surface area contributed by atoms with Crippen molar-refractivity contribution in [1.82, 2.24) is 25.1 Å². The minimum absolute atomic E-state index is 0.223. The molecular formula is C22H18N6S. The molecule has 0 fully saturated rings. The zero-order valence-corrected chi connectivity index (χ0v) is 16.5. The van der Waals surface area contributed by atoms with E-state index in [1.165, 1.54) is 5.56 Å². The lowest BCUT2D eigenvalue weighted by Gasteiger charge is -2.17. The minimum atomic E-state index is -0.223. The van der Waals surface area contributed by atoms with Gasteiger partial charge in [0.25, 0.3) is 0 Å². The maximum atomic E-state index is 4.55. The number of fused-ring (bicyclic) bond motifs is 1. The molecule has 5 aromatic rings. The first-order valence-electron chi connectivity index (χ1n) is 9.28. The Morgan fingerprint density at radius 3 is 2.45 bits per heavy atom. The first-order chi connectivity index (χ1) is 14.3. The summed E-state index contributed by atoms with van der Waals surface area (Å²) >= 11 is 1.66. The topological polar surface area (TPSA) is 79.4 Å².